The summed E-state index contributed by atoms with van der Waals surface area (Å²) in [6, 6.07) is 0. The SMILES string of the molecule is C=C=C.O.O=S(=O)([O-])[O-].[Cu+2]. The van der Waals surface area contributed by atoms with Crippen LogP contribution in [-0.4, -0.2) is 23.0 Å². The fourth-order valence-corrected chi connectivity index (χ4v) is 0. The van der Waals surface area contributed by atoms with Gasteiger partial charge in [0, 0.05) is 10.4 Å². The summed E-state index contributed by atoms with van der Waals surface area (Å²) in [4.78, 5) is 0. The molecule has 0 aromatic rings. The zero-order valence-electron chi connectivity index (χ0n) is 4.76. The second kappa shape index (κ2) is 11.6. The molecule has 0 fully saturated rings. The van der Waals surface area contributed by atoms with E-state index in [1.807, 2.05) is 0 Å². The quantitative estimate of drug-likeness (QED) is 0.219. The molecule has 0 aromatic heterocycles. The van der Waals surface area contributed by atoms with Gasteiger partial charge in [0.1, 0.15) is 0 Å². The van der Waals surface area contributed by atoms with Crippen molar-refractivity contribution in [1.82, 2.24) is 0 Å². The zero-order chi connectivity index (χ0) is 7.21. The molecule has 0 saturated carbocycles. The first-order chi connectivity index (χ1) is 3.41. The summed E-state index contributed by atoms with van der Waals surface area (Å²) < 4.78 is 34.1. The molecule has 65 valence electrons. The predicted octanol–water partition coefficient (Wildman–Crippen LogP) is -1.21. The van der Waals surface area contributed by atoms with Crippen molar-refractivity contribution in [2.45, 2.75) is 0 Å². The van der Waals surface area contributed by atoms with Crippen LogP contribution < -0.4 is 0 Å². The molecule has 10 heavy (non-hydrogen) atoms. The Balaban J connectivity index is -0.0000000326. The van der Waals surface area contributed by atoms with Gasteiger partial charge in [-0.05, 0) is 0 Å². The van der Waals surface area contributed by atoms with E-state index in [-0.39, 0.29) is 22.5 Å². The van der Waals surface area contributed by atoms with Gasteiger partial charge in [-0.25, -0.2) is 0 Å². The summed E-state index contributed by atoms with van der Waals surface area (Å²) in [5.41, 5.74) is 2.25. The third-order valence-electron chi connectivity index (χ3n) is 0. The van der Waals surface area contributed by atoms with E-state index in [0.717, 1.165) is 0 Å². The minimum atomic E-state index is -5.17. The summed E-state index contributed by atoms with van der Waals surface area (Å²) in [7, 11) is -5.17. The Morgan fingerprint density at radius 1 is 1.20 bits per heavy atom. The van der Waals surface area contributed by atoms with Crippen molar-refractivity contribution < 1.29 is 40.1 Å². The molecule has 1 radical (unpaired) electrons. The first-order valence-electron chi connectivity index (χ1n) is 1.37. The Hall–Kier alpha value is -0.131. The van der Waals surface area contributed by atoms with Crippen LogP contribution in [-0.2, 0) is 27.5 Å². The molecular weight excluding hydrogens is 212 g/mol. The molecule has 0 unspecified atom stereocenters. The van der Waals surface area contributed by atoms with Crippen LogP contribution in [0.2, 0.25) is 0 Å². The van der Waals surface area contributed by atoms with Gasteiger partial charge >= 0.3 is 17.1 Å². The first-order valence-corrected chi connectivity index (χ1v) is 2.71. The molecule has 0 spiro atoms. The van der Waals surface area contributed by atoms with Gasteiger partial charge in [-0.3, -0.25) is 8.42 Å². The van der Waals surface area contributed by atoms with E-state index >= 15 is 0 Å². The van der Waals surface area contributed by atoms with E-state index in [1.54, 1.807) is 0 Å². The number of hydrogen-bond acceptors (Lipinski definition) is 4. The van der Waals surface area contributed by atoms with Crippen LogP contribution in [0.25, 0.3) is 0 Å². The molecule has 0 aliphatic rings. The molecule has 7 heteroatoms. The van der Waals surface area contributed by atoms with Crippen molar-refractivity contribution in [1.29, 1.82) is 0 Å². The van der Waals surface area contributed by atoms with Gasteiger partial charge in [0.05, 0.1) is 0 Å². The minimum absolute atomic E-state index is 0. The molecule has 0 aliphatic heterocycles. The summed E-state index contributed by atoms with van der Waals surface area (Å²) in [5.74, 6) is 0. The van der Waals surface area contributed by atoms with E-state index in [0.29, 0.717) is 0 Å². The molecule has 2 N–H and O–H groups in total. The molecule has 0 heterocycles. The van der Waals surface area contributed by atoms with Gasteiger partial charge in [0.15, 0.2) is 0 Å². The van der Waals surface area contributed by atoms with Gasteiger partial charge in [-0.1, -0.05) is 13.2 Å². The Morgan fingerprint density at radius 3 is 1.20 bits per heavy atom. The first kappa shape index (κ1) is 22.5. The van der Waals surface area contributed by atoms with Crippen LogP contribution in [0, 0.1) is 0 Å². The van der Waals surface area contributed by atoms with Crippen molar-refractivity contribution in [2.75, 3.05) is 0 Å². The maximum absolute atomic E-state index is 8.52. The minimum Gasteiger partial charge on any atom is -0.759 e. The predicted molar refractivity (Wildman–Crippen MR) is 28.9 cm³/mol. The van der Waals surface area contributed by atoms with Crippen LogP contribution in [0.3, 0.4) is 0 Å². The second-order valence-electron chi connectivity index (χ2n) is 0.658. The van der Waals surface area contributed by atoms with E-state index in [1.165, 1.54) is 0 Å². The average Bonchev–Trinajstić information content (AvgIpc) is 1.27. The van der Waals surface area contributed by atoms with Crippen molar-refractivity contribution in [3.8, 4) is 0 Å². The Labute approximate surface area is 69.8 Å². The standard InChI is InChI=1S/C3H4.Cu.H2O4S.H2O/c1-3-2;;1-5(2,3)4;/h1-2H2;;(H2,1,2,3,4);1H2/q;+2;;/p-2. The maximum Gasteiger partial charge on any atom is 2.00 e. The van der Waals surface area contributed by atoms with Gasteiger partial charge in [0.2, 0.25) is 0 Å². The van der Waals surface area contributed by atoms with E-state index in [2.05, 4.69) is 18.9 Å². The Morgan fingerprint density at radius 2 is 1.20 bits per heavy atom. The van der Waals surface area contributed by atoms with Gasteiger partial charge < -0.3 is 14.6 Å². The Bertz CT molecular complexity index is 157. The van der Waals surface area contributed by atoms with Gasteiger partial charge in [0.25, 0.3) is 0 Å². The fraction of sp³-hybridized carbons (Fsp3) is 0. The topological polar surface area (TPSA) is 112 Å². The van der Waals surface area contributed by atoms with Crippen molar-refractivity contribution in [2.24, 2.45) is 0 Å². The second-order valence-corrected chi connectivity index (χ2v) is 1.47. The normalized spacial score (nSPS) is 6.60. The van der Waals surface area contributed by atoms with Gasteiger partial charge in [-0.15, -0.1) is 5.73 Å². The van der Waals surface area contributed by atoms with E-state index in [4.69, 9.17) is 17.5 Å². The third kappa shape index (κ3) is 21800. The third-order valence-corrected chi connectivity index (χ3v) is 0. The smallest absolute Gasteiger partial charge is 0.759 e. The van der Waals surface area contributed by atoms with Crippen LogP contribution in [0.4, 0.5) is 0 Å². The van der Waals surface area contributed by atoms with Gasteiger partial charge in [-0.2, -0.15) is 0 Å². The van der Waals surface area contributed by atoms with E-state index in [9.17, 15) is 0 Å². The number of hydrogen-bond donors (Lipinski definition) is 0. The molecule has 0 aromatic carbocycles. The van der Waals surface area contributed by atoms with Crippen molar-refractivity contribution in [3.05, 3.63) is 18.9 Å². The zero-order valence-corrected chi connectivity index (χ0v) is 6.52. The monoisotopic (exact) mass is 217 g/mol. The molecule has 5 nitrogen and oxygen atoms in total. The maximum atomic E-state index is 8.52. The van der Waals surface area contributed by atoms with Crippen LogP contribution in [0.5, 0.6) is 0 Å². The van der Waals surface area contributed by atoms with Crippen molar-refractivity contribution in [3.63, 3.8) is 0 Å². The molecule has 0 aliphatic carbocycles. The fourth-order valence-electron chi connectivity index (χ4n) is 0. The van der Waals surface area contributed by atoms with Crippen molar-refractivity contribution >= 4 is 10.4 Å². The summed E-state index contributed by atoms with van der Waals surface area (Å²) in [6.45, 7) is 6.25. The molecule has 0 rings (SSSR count). The molecule has 0 amide bonds. The largest absolute Gasteiger partial charge is 2.00 e. The van der Waals surface area contributed by atoms with E-state index < -0.39 is 10.4 Å². The molecule has 0 bridgehead atoms. The van der Waals surface area contributed by atoms with Crippen LogP contribution >= 0.6 is 0 Å². The van der Waals surface area contributed by atoms with Crippen LogP contribution in [0.1, 0.15) is 0 Å². The molecule has 0 atom stereocenters. The number of rotatable bonds is 0. The summed E-state index contributed by atoms with van der Waals surface area (Å²) in [5, 5.41) is 0. The average molecular weight is 218 g/mol. The summed E-state index contributed by atoms with van der Waals surface area (Å²) >= 11 is 0. The van der Waals surface area contributed by atoms with Crippen LogP contribution in [0.15, 0.2) is 18.9 Å². The summed E-state index contributed by atoms with van der Waals surface area (Å²) in [6.07, 6.45) is 0. The molecular formula is C3H6CuO5S. The Kier molecular flexibility index (Phi) is 26.2. The molecule has 0 saturated heterocycles.